The average Bonchev–Trinajstić information content (AvgIpc) is 3.50. The van der Waals surface area contributed by atoms with E-state index in [2.05, 4.69) is 47.3 Å². The minimum Gasteiger partial charge on any atom is -0.332 e. The Morgan fingerprint density at radius 1 is 1.07 bits per heavy atom. The topological polar surface area (TPSA) is 45.0 Å². The number of nitrogens with zero attached hydrogens (tertiary/aromatic N) is 3. The van der Waals surface area contributed by atoms with E-state index in [1.165, 1.54) is 0 Å². The van der Waals surface area contributed by atoms with Crippen molar-refractivity contribution in [2.45, 2.75) is 50.9 Å². The molecule has 2 aromatic rings. The summed E-state index contributed by atoms with van der Waals surface area (Å²) in [6.07, 6.45) is 7.75. The van der Waals surface area contributed by atoms with Gasteiger partial charge in [0.2, 0.25) is 5.91 Å². The quantitative estimate of drug-likeness (QED) is 0.572. The van der Waals surface area contributed by atoms with Gasteiger partial charge in [0.15, 0.2) is 5.66 Å². The van der Waals surface area contributed by atoms with E-state index in [0.29, 0.717) is 25.8 Å². The maximum Gasteiger partial charge on any atom is 0.223 e. The molecule has 0 saturated heterocycles. The van der Waals surface area contributed by atoms with Crippen molar-refractivity contribution in [3.05, 3.63) is 71.8 Å². The van der Waals surface area contributed by atoms with Crippen molar-refractivity contribution in [2.24, 2.45) is 10.2 Å². The molecule has 1 aliphatic rings. The zero-order valence-corrected chi connectivity index (χ0v) is 15.7. The molecule has 4 nitrogen and oxygen atoms in total. The van der Waals surface area contributed by atoms with Gasteiger partial charge in [0.25, 0.3) is 0 Å². The molecule has 3 rings (SSSR count). The van der Waals surface area contributed by atoms with Crippen LogP contribution < -0.4 is 0 Å². The number of carbonyl (C=O) groups is 1. The Kier molecular flexibility index (Phi) is 6.03. The smallest absolute Gasteiger partial charge is 0.223 e. The van der Waals surface area contributed by atoms with E-state index in [0.717, 1.165) is 17.5 Å². The summed E-state index contributed by atoms with van der Waals surface area (Å²) in [5, 5.41) is 8.30. The van der Waals surface area contributed by atoms with Crippen LogP contribution in [0.1, 0.15) is 49.8 Å². The monoisotopic (exact) mass is 359 g/mol. The predicted molar refractivity (Wildman–Crippen MR) is 107 cm³/mol. The average molecular weight is 359 g/mol. The van der Waals surface area contributed by atoms with Crippen LogP contribution >= 0.6 is 0 Å². The van der Waals surface area contributed by atoms with E-state index >= 15 is 0 Å². The molecule has 1 aliphatic heterocycles. The molecular formula is C23H25N3O. The Morgan fingerprint density at radius 3 is 2.30 bits per heavy atom. The largest absolute Gasteiger partial charge is 0.332 e. The maximum absolute atomic E-state index is 13.1. The molecular weight excluding hydrogens is 334 g/mol. The highest BCUT2D eigenvalue weighted by Gasteiger charge is 2.39. The van der Waals surface area contributed by atoms with Gasteiger partial charge in [0.05, 0.1) is 6.04 Å². The molecule has 1 amide bonds. The van der Waals surface area contributed by atoms with Crippen LogP contribution in [0, 0.1) is 12.3 Å². The Hall–Kier alpha value is -2.93. The lowest BCUT2D eigenvalue weighted by Gasteiger charge is -2.30. The van der Waals surface area contributed by atoms with Gasteiger partial charge in [-0.2, -0.15) is 10.2 Å². The van der Waals surface area contributed by atoms with Crippen molar-refractivity contribution in [3.63, 3.8) is 0 Å². The molecule has 27 heavy (non-hydrogen) atoms. The Morgan fingerprint density at radius 2 is 1.70 bits per heavy atom. The van der Waals surface area contributed by atoms with Crippen molar-refractivity contribution in [2.75, 3.05) is 0 Å². The minimum absolute atomic E-state index is 0.00588. The summed E-state index contributed by atoms with van der Waals surface area (Å²) in [7, 11) is 0. The second-order valence-corrected chi connectivity index (χ2v) is 6.98. The fourth-order valence-electron chi connectivity index (χ4n) is 3.25. The van der Waals surface area contributed by atoms with Crippen molar-refractivity contribution in [3.8, 4) is 12.3 Å². The first kappa shape index (κ1) is 18.8. The third-order valence-electron chi connectivity index (χ3n) is 5.06. The second kappa shape index (κ2) is 8.64. The van der Waals surface area contributed by atoms with Gasteiger partial charge in [-0.3, -0.25) is 4.79 Å². The Labute approximate surface area is 161 Å². The number of terminal acetylenes is 1. The summed E-state index contributed by atoms with van der Waals surface area (Å²) in [6, 6.07) is 20.2. The summed E-state index contributed by atoms with van der Waals surface area (Å²) in [6.45, 7) is 2.66. The van der Waals surface area contributed by atoms with Crippen LogP contribution in [0.15, 0.2) is 70.9 Å². The number of hydrogen-bond acceptors (Lipinski definition) is 3. The molecule has 0 N–H and O–H groups in total. The fourth-order valence-corrected chi connectivity index (χ4v) is 3.25. The highest BCUT2D eigenvalue weighted by molar-refractivity contribution is 5.77. The number of benzene rings is 2. The van der Waals surface area contributed by atoms with Crippen LogP contribution in [-0.4, -0.2) is 16.5 Å². The lowest BCUT2D eigenvalue weighted by atomic mass is 10.0. The van der Waals surface area contributed by atoms with Crippen molar-refractivity contribution >= 4 is 5.91 Å². The molecule has 0 unspecified atom stereocenters. The standard InChI is InChI=1S/C23H25N3O/c1-3-4-16-23(24-25-23)17-15-22(27)26(18-20-11-7-5-8-12-20)19(2)21-13-9-6-10-14-21/h1,5-14,19H,4,15-18H2,2H3/t19-/m0/s1. The number of amides is 1. The molecule has 1 heterocycles. The highest BCUT2D eigenvalue weighted by Crippen LogP contribution is 2.38. The van der Waals surface area contributed by atoms with Crippen molar-refractivity contribution in [1.29, 1.82) is 0 Å². The van der Waals surface area contributed by atoms with Crippen LogP contribution in [0.3, 0.4) is 0 Å². The number of hydrogen-bond donors (Lipinski definition) is 0. The highest BCUT2D eigenvalue weighted by atomic mass is 16.2. The van der Waals surface area contributed by atoms with Gasteiger partial charge in [0, 0.05) is 32.2 Å². The van der Waals surface area contributed by atoms with Gasteiger partial charge < -0.3 is 4.90 Å². The second-order valence-electron chi connectivity index (χ2n) is 6.98. The van der Waals surface area contributed by atoms with Crippen LogP contribution in [0.25, 0.3) is 0 Å². The van der Waals surface area contributed by atoms with Gasteiger partial charge in [-0.1, -0.05) is 60.7 Å². The van der Waals surface area contributed by atoms with E-state index in [1.807, 2.05) is 41.3 Å². The molecule has 0 radical (unpaired) electrons. The summed E-state index contributed by atoms with van der Waals surface area (Å²) in [5.41, 5.74) is 1.83. The minimum atomic E-state index is -0.420. The summed E-state index contributed by atoms with van der Waals surface area (Å²) >= 11 is 0. The van der Waals surface area contributed by atoms with Gasteiger partial charge in [-0.05, 0) is 18.1 Å². The molecule has 4 heteroatoms. The lowest BCUT2D eigenvalue weighted by Crippen LogP contribution is -2.34. The zero-order chi connectivity index (χ0) is 19.1. The van der Waals surface area contributed by atoms with Crippen molar-refractivity contribution in [1.82, 2.24) is 4.90 Å². The molecule has 0 spiro atoms. The first-order valence-electron chi connectivity index (χ1n) is 9.39. The Balaban J connectivity index is 1.71. The lowest BCUT2D eigenvalue weighted by molar-refractivity contribution is -0.134. The van der Waals surface area contributed by atoms with E-state index in [9.17, 15) is 4.79 Å². The van der Waals surface area contributed by atoms with E-state index in [4.69, 9.17) is 6.42 Å². The molecule has 2 aromatic carbocycles. The van der Waals surface area contributed by atoms with Crippen molar-refractivity contribution < 1.29 is 4.79 Å². The zero-order valence-electron chi connectivity index (χ0n) is 15.7. The summed E-state index contributed by atoms with van der Waals surface area (Å²) in [5.74, 6) is 2.75. The fraction of sp³-hybridized carbons (Fsp3) is 0.348. The molecule has 0 saturated carbocycles. The summed E-state index contributed by atoms with van der Waals surface area (Å²) in [4.78, 5) is 15.1. The number of carbonyl (C=O) groups excluding carboxylic acids is 1. The van der Waals surface area contributed by atoms with Crippen LogP contribution in [0.5, 0.6) is 0 Å². The third kappa shape index (κ3) is 5.04. The van der Waals surface area contributed by atoms with Gasteiger partial charge in [-0.15, -0.1) is 12.3 Å². The molecule has 138 valence electrons. The maximum atomic E-state index is 13.1. The van der Waals surface area contributed by atoms with Gasteiger partial charge in [-0.25, -0.2) is 0 Å². The first-order valence-corrected chi connectivity index (χ1v) is 9.39. The van der Waals surface area contributed by atoms with Crippen LogP contribution in [0.2, 0.25) is 0 Å². The first-order chi connectivity index (χ1) is 13.1. The molecule has 0 aliphatic carbocycles. The predicted octanol–water partition coefficient (Wildman–Crippen LogP) is 5.13. The van der Waals surface area contributed by atoms with E-state index < -0.39 is 5.66 Å². The molecule has 0 bridgehead atoms. The molecule has 0 fully saturated rings. The Bertz CT molecular complexity index is 818. The summed E-state index contributed by atoms with van der Waals surface area (Å²) < 4.78 is 0. The third-order valence-corrected chi connectivity index (χ3v) is 5.06. The van der Waals surface area contributed by atoms with Crippen LogP contribution in [0.4, 0.5) is 0 Å². The van der Waals surface area contributed by atoms with E-state index in [1.54, 1.807) is 0 Å². The molecule has 1 atom stereocenters. The SMILES string of the molecule is C#CCCC1(CCC(=O)N(Cc2ccccc2)[C@@H](C)c2ccccc2)N=N1. The van der Waals surface area contributed by atoms with E-state index in [-0.39, 0.29) is 11.9 Å². The van der Waals surface area contributed by atoms with Gasteiger partial charge in [0.1, 0.15) is 0 Å². The van der Waals surface area contributed by atoms with Gasteiger partial charge >= 0.3 is 0 Å². The van der Waals surface area contributed by atoms with Crippen LogP contribution in [-0.2, 0) is 11.3 Å². The number of rotatable bonds is 9. The normalized spacial score (nSPS) is 15.0. The molecule has 0 aromatic heterocycles.